The summed E-state index contributed by atoms with van der Waals surface area (Å²) in [5, 5.41) is 2.21. The normalized spacial score (nSPS) is 12.4. The molecule has 0 heterocycles. The van der Waals surface area contributed by atoms with Crippen LogP contribution >= 0.6 is 0 Å². The molecule has 3 heteroatoms. The lowest BCUT2D eigenvalue weighted by Gasteiger charge is -2.11. The molecular weight excluding hydrogens is 214 g/mol. The number of carbonyl (C=O) groups is 1. The Hall–Kier alpha value is -1.87. The van der Waals surface area contributed by atoms with Crippen molar-refractivity contribution in [2.24, 2.45) is 5.73 Å². The minimum Gasteiger partial charge on any atom is -0.465 e. The molecule has 0 aromatic heterocycles. The summed E-state index contributed by atoms with van der Waals surface area (Å²) in [6.07, 6.45) is 0. The van der Waals surface area contributed by atoms with Crippen LogP contribution in [0.1, 0.15) is 18.5 Å². The molecule has 0 bridgehead atoms. The van der Waals surface area contributed by atoms with Crippen molar-refractivity contribution in [1.29, 1.82) is 0 Å². The van der Waals surface area contributed by atoms with E-state index in [1.54, 1.807) is 6.92 Å². The van der Waals surface area contributed by atoms with Crippen LogP contribution in [-0.4, -0.2) is 12.6 Å². The van der Waals surface area contributed by atoms with Gasteiger partial charge in [0.1, 0.15) is 6.04 Å². The molecule has 0 aliphatic carbocycles. The summed E-state index contributed by atoms with van der Waals surface area (Å²) in [5.41, 5.74) is 6.62. The van der Waals surface area contributed by atoms with Gasteiger partial charge in [0.15, 0.2) is 0 Å². The first-order valence-electron chi connectivity index (χ1n) is 5.63. The molecule has 0 radical (unpaired) electrons. The third-order valence-corrected chi connectivity index (χ3v) is 2.67. The molecule has 2 aromatic carbocycles. The van der Waals surface area contributed by atoms with Gasteiger partial charge in [0, 0.05) is 0 Å². The molecular formula is C14H15NO2. The second kappa shape index (κ2) is 4.97. The average Bonchev–Trinajstić information content (AvgIpc) is 2.37. The van der Waals surface area contributed by atoms with E-state index >= 15 is 0 Å². The number of hydrogen-bond acceptors (Lipinski definition) is 3. The fourth-order valence-electron chi connectivity index (χ4n) is 1.77. The molecule has 2 rings (SSSR count). The van der Waals surface area contributed by atoms with Crippen LogP contribution in [0.4, 0.5) is 0 Å². The van der Waals surface area contributed by atoms with Gasteiger partial charge in [0.25, 0.3) is 0 Å². The van der Waals surface area contributed by atoms with Crippen molar-refractivity contribution >= 4 is 16.7 Å². The number of nitrogens with two attached hydrogens (primary N) is 1. The van der Waals surface area contributed by atoms with E-state index in [0.717, 1.165) is 16.3 Å². The van der Waals surface area contributed by atoms with E-state index in [-0.39, 0.29) is 5.97 Å². The first-order chi connectivity index (χ1) is 8.22. The molecule has 0 aliphatic heterocycles. The van der Waals surface area contributed by atoms with E-state index < -0.39 is 6.04 Å². The fourth-order valence-corrected chi connectivity index (χ4v) is 1.77. The van der Waals surface area contributed by atoms with Crippen LogP contribution in [0.3, 0.4) is 0 Å². The predicted octanol–water partition coefficient (Wildman–Crippen LogP) is 2.40. The summed E-state index contributed by atoms with van der Waals surface area (Å²) in [7, 11) is 0. The fraction of sp³-hybridized carbons (Fsp3) is 0.214. The Morgan fingerprint density at radius 1 is 1.24 bits per heavy atom. The standard InChI is InChI=1S/C14H15NO2/c1-2-17-14(16)13(15)12-8-7-10-5-3-4-6-11(10)9-12/h3-9,13H,2,15H2,1H3. The number of esters is 1. The van der Waals surface area contributed by atoms with Crippen LogP contribution < -0.4 is 5.73 Å². The van der Waals surface area contributed by atoms with Crippen LogP contribution in [-0.2, 0) is 9.53 Å². The molecule has 3 nitrogen and oxygen atoms in total. The zero-order valence-electron chi connectivity index (χ0n) is 9.72. The van der Waals surface area contributed by atoms with E-state index in [9.17, 15) is 4.79 Å². The van der Waals surface area contributed by atoms with Crippen LogP contribution in [0.15, 0.2) is 42.5 Å². The maximum absolute atomic E-state index is 11.5. The minimum atomic E-state index is -0.709. The van der Waals surface area contributed by atoms with Crippen molar-refractivity contribution in [2.75, 3.05) is 6.61 Å². The van der Waals surface area contributed by atoms with Crippen LogP contribution in [0, 0.1) is 0 Å². The number of rotatable bonds is 3. The van der Waals surface area contributed by atoms with Crippen molar-refractivity contribution in [3.8, 4) is 0 Å². The Balaban J connectivity index is 2.32. The van der Waals surface area contributed by atoms with E-state index in [0.29, 0.717) is 6.61 Å². The van der Waals surface area contributed by atoms with Gasteiger partial charge >= 0.3 is 5.97 Å². The SMILES string of the molecule is CCOC(=O)C(N)c1ccc2ccccc2c1. The van der Waals surface area contributed by atoms with Crippen molar-refractivity contribution < 1.29 is 9.53 Å². The molecule has 0 saturated heterocycles. The first-order valence-corrected chi connectivity index (χ1v) is 5.63. The van der Waals surface area contributed by atoms with E-state index in [1.807, 2.05) is 42.5 Å². The lowest BCUT2D eigenvalue weighted by Crippen LogP contribution is -2.23. The van der Waals surface area contributed by atoms with Gasteiger partial charge in [-0.2, -0.15) is 0 Å². The van der Waals surface area contributed by atoms with Gasteiger partial charge < -0.3 is 10.5 Å². The Morgan fingerprint density at radius 3 is 2.65 bits per heavy atom. The Kier molecular flexibility index (Phi) is 3.40. The highest BCUT2D eigenvalue weighted by atomic mass is 16.5. The highest BCUT2D eigenvalue weighted by Gasteiger charge is 2.16. The van der Waals surface area contributed by atoms with Crippen LogP contribution in [0.5, 0.6) is 0 Å². The molecule has 17 heavy (non-hydrogen) atoms. The summed E-state index contributed by atoms with van der Waals surface area (Å²) in [4.78, 5) is 11.5. The number of benzene rings is 2. The maximum Gasteiger partial charge on any atom is 0.327 e. The number of carbonyl (C=O) groups excluding carboxylic acids is 1. The summed E-state index contributed by atoms with van der Waals surface area (Å²) >= 11 is 0. The topological polar surface area (TPSA) is 52.3 Å². The summed E-state index contributed by atoms with van der Waals surface area (Å²) in [6.45, 7) is 2.12. The quantitative estimate of drug-likeness (QED) is 0.822. The predicted molar refractivity (Wildman–Crippen MR) is 67.5 cm³/mol. The van der Waals surface area contributed by atoms with E-state index in [4.69, 9.17) is 10.5 Å². The minimum absolute atomic E-state index is 0.347. The molecule has 1 atom stereocenters. The van der Waals surface area contributed by atoms with Crippen LogP contribution in [0.25, 0.3) is 10.8 Å². The Labute approximate surface area is 100 Å². The first kappa shape index (κ1) is 11.6. The second-order valence-electron chi connectivity index (χ2n) is 3.84. The highest BCUT2D eigenvalue weighted by molar-refractivity contribution is 5.85. The van der Waals surface area contributed by atoms with Crippen molar-refractivity contribution in [3.05, 3.63) is 48.0 Å². The van der Waals surface area contributed by atoms with Crippen molar-refractivity contribution in [3.63, 3.8) is 0 Å². The Bertz CT molecular complexity index is 536. The van der Waals surface area contributed by atoms with Gasteiger partial charge in [-0.25, -0.2) is 4.79 Å². The summed E-state index contributed by atoms with van der Waals surface area (Å²) < 4.78 is 4.91. The number of hydrogen-bond donors (Lipinski definition) is 1. The zero-order chi connectivity index (χ0) is 12.3. The lowest BCUT2D eigenvalue weighted by molar-refractivity contribution is -0.144. The van der Waals surface area contributed by atoms with Gasteiger partial charge in [-0.1, -0.05) is 36.4 Å². The molecule has 0 aliphatic rings. The molecule has 0 amide bonds. The van der Waals surface area contributed by atoms with Crippen molar-refractivity contribution in [2.45, 2.75) is 13.0 Å². The largest absolute Gasteiger partial charge is 0.465 e. The third kappa shape index (κ3) is 2.45. The lowest BCUT2D eigenvalue weighted by atomic mass is 10.0. The zero-order valence-corrected chi connectivity index (χ0v) is 9.72. The molecule has 1 unspecified atom stereocenters. The number of fused-ring (bicyclic) bond motifs is 1. The smallest absolute Gasteiger partial charge is 0.327 e. The molecule has 0 fully saturated rings. The summed E-state index contributed by atoms with van der Waals surface area (Å²) in [5.74, 6) is -0.386. The van der Waals surface area contributed by atoms with Gasteiger partial charge in [0.2, 0.25) is 0 Å². The van der Waals surface area contributed by atoms with Gasteiger partial charge in [-0.15, -0.1) is 0 Å². The van der Waals surface area contributed by atoms with Gasteiger partial charge in [0.05, 0.1) is 6.61 Å². The second-order valence-corrected chi connectivity index (χ2v) is 3.84. The number of ether oxygens (including phenoxy) is 1. The van der Waals surface area contributed by atoms with Gasteiger partial charge in [-0.05, 0) is 29.3 Å². The molecule has 0 spiro atoms. The molecule has 2 aromatic rings. The van der Waals surface area contributed by atoms with E-state index in [2.05, 4.69) is 0 Å². The summed E-state index contributed by atoms with van der Waals surface area (Å²) in [6, 6.07) is 13.0. The average molecular weight is 229 g/mol. The Morgan fingerprint density at radius 2 is 1.94 bits per heavy atom. The van der Waals surface area contributed by atoms with Gasteiger partial charge in [-0.3, -0.25) is 0 Å². The van der Waals surface area contributed by atoms with Crippen LogP contribution in [0.2, 0.25) is 0 Å². The highest BCUT2D eigenvalue weighted by Crippen LogP contribution is 2.19. The third-order valence-electron chi connectivity index (χ3n) is 2.67. The van der Waals surface area contributed by atoms with Crippen molar-refractivity contribution in [1.82, 2.24) is 0 Å². The molecule has 0 saturated carbocycles. The monoisotopic (exact) mass is 229 g/mol. The molecule has 88 valence electrons. The van der Waals surface area contributed by atoms with E-state index in [1.165, 1.54) is 0 Å². The maximum atomic E-state index is 11.5. The molecule has 2 N–H and O–H groups in total.